The van der Waals surface area contributed by atoms with Crippen molar-refractivity contribution in [2.24, 2.45) is 4.99 Å². The summed E-state index contributed by atoms with van der Waals surface area (Å²) < 4.78 is 19.7. The van der Waals surface area contributed by atoms with E-state index in [9.17, 15) is 4.39 Å². The fourth-order valence-electron chi connectivity index (χ4n) is 3.88. The second kappa shape index (κ2) is 11.3. The Morgan fingerprint density at radius 3 is 2.85 bits per heavy atom. The molecule has 5 nitrogen and oxygen atoms in total. The smallest absolute Gasteiger partial charge is 0.214 e. The average molecular weight is 479 g/mol. The Kier molecular flexibility index (Phi) is 7.93. The molecule has 0 saturated carbocycles. The standard InChI is InChI=1S/C27H28ClFN4O/c1-19-6-9-25(26(16-19)30-2)31-12-15-33-13-10-20(11-14-33)24-4-3-5-27(32-24)34-18-21-7-8-22(28)17-23(21)29/h3-10,16-17,31H,2,11-15,18H2,1H3. The number of hydrogen-bond donors (Lipinski definition) is 1. The van der Waals surface area contributed by atoms with Crippen molar-refractivity contribution in [1.82, 2.24) is 9.88 Å². The van der Waals surface area contributed by atoms with Crippen LogP contribution in [0, 0.1) is 12.7 Å². The number of ether oxygens (including phenoxy) is 1. The molecule has 0 unspecified atom stereocenters. The van der Waals surface area contributed by atoms with Crippen LogP contribution in [0.4, 0.5) is 15.8 Å². The first-order chi connectivity index (χ1) is 16.5. The average Bonchev–Trinajstić information content (AvgIpc) is 2.85. The molecule has 0 fully saturated rings. The van der Waals surface area contributed by atoms with Gasteiger partial charge < -0.3 is 10.1 Å². The molecule has 1 aliphatic heterocycles. The molecule has 4 rings (SSSR count). The largest absolute Gasteiger partial charge is 0.473 e. The zero-order valence-electron chi connectivity index (χ0n) is 19.2. The lowest BCUT2D eigenvalue weighted by atomic mass is 10.0. The van der Waals surface area contributed by atoms with Gasteiger partial charge in [-0.05, 0) is 61.5 Å². The van der Waals surface area contributed by atoms with Gasteiger partial charge in [0.25, 0.3) is 0 Å². The zero-order chi connectivity index (χ0) is 23.9. The van der Waals surface area contributed by atoms with Crippen LogP contribution in [0.25, 0.3) is 5.57 Å². The van der Waals surface area contributed by atoms with E-state index >= 15 is 0 Å². The van der Waals surface area contributed by atoms with Crippen molar-refractivity contribution in [3.63, 3.8) is 0 Å². The molecular weight excluding hydrogens is 451 g/mol. The van der Waals surface area contributed by atoms with Gasteiger partial charge in [0.2, 0.25) is 5.88 Å². The van der Waals surface area contributed by atoms with Crippen LogP contribution in [0.5, 0.6) is 5.88 Å². The van der Waals surface area contributed by atoms with Crippen LogP contribution in [0.1, 0.15) is 23.2 Å². The summed E-state index contributed by atoms with van der Waals surface area (Å²) in [5, 5.41) is 3.83. The van der Waals surface area contributed by atoms with Gasteiger partial charge in [0.15, 0.2) is 0 Å². The molecule has 0 radical (unpaired) electrons. The normalized spacial score (nSPS) is 13.9. The molecule has 1 aromatic heterocycles. The molecule has 2 aromatic carbocycles. The van der Waals surface area contributed by atoms with Gasteiger partial charge in [-0.3, -0.25) is 9.89 Å². The molecule has 0 bridgehead atoms. The van der Waals surface area contributed by atoms with Gasteiger partial charge in [-0.15, -0.1) is 0 Å². The van der Waals surface area contributed by atoms with Gasteiger partial charge >= 0.3 is 0 Å². The lowest BCUT2D eigenvalue weighted by Gasteiger charge is -2.26. The summed E-state index contributed by atoms with van der Waals surface area (Å²) in [6.45, 7) is 9.39. The maximum absolute atomic E-state index is 14.0. The van der Waals surface area contributed by atoms with Crippen molar-refractivity contribution >= 4 is 35.3 Å². The number of benzene rings is 2. The van der Waals surface area contributed by atoms with Crippen LogP contribution in [-0.4, -0.2) is 42.8 Å². The number of halogens is 2. The Hall–Kier alpha value is -3.22. The molecule has 34 heavy (non-hydrogen) atoms. The minimum Gasteiger partial charge on any atom is -0.473 e. The minimum absolute atomic E-state index is 0.101. The highest BCUT2D eigenvalue weighted by Crippen LogP contribution is 2.26. The van der Waals surface area contributed by atoms with E-state index in [2.05, 4.69) is 45.1 Å². The first-order valence-corrected chi connectivity index (χ1v) is 11.7. The molecule has 1 N–H and O–H groups in total. The molecule has 0 amide bonds. The van der Waals surface area contributed by atoms with Crippen LogP contribution in [0.15, 0.2) is 65.7 Å². The van der Waals surface area contributed by atoms with Gasteiger partial charge in [-0.25, -0.2) is 9.37 Å². The summed E-state index contributed by atoms with van der Waals surface area (Å²) in [5.74, 6) is 0.0942. The number of hydrogen-bond acceptors (Lipinski definition) is 5. The summed E-state index contributed by atoms with van der Waals surface area (Å²) >= 11 is 5.81. The van der Waals surface area contributed by atoms with Gasteiger partial charge in [0.05, 0.1) is 17.1 Å². The number of nitrogens with zero attached hydrogens (tertiary/aromatic N) is 3. The molecule has 0 aliphatic carbocycles. The Balaban J connectivity index is 1.29. The third-order valence-corrected chi connectivity index (χ3v) is 6.04. The highest BCUT2D eigenvalue weighted by molar-refractivity contribution is 6.30. The van der Waals surface area contributed by atoms with Crippen molar-refractivity contribution in [3.8, 4) is 5.88 Å². The zero-order valence-corrected chi connectivity index (χ0v) is 20.0. The Bertz CT molecular complexity index is 1200. The van der Waals surface area contributed by atoms with Crippen LogP contribution in [0.2, 0.25) is 5.02 Å². The highest BCUT2D eigenvalue weighted by atomic mass is 35.5. The summed E-state index contributed by atoms with van der Waals surface area (Å²) in [7, 11) is 0. The second-order valence-corrected chi connectivity index (χ2v) is 8.71. The number of aryl methyl sites for hydroxylation is 1. The maximum Gasteiger partial charge on any atom is 0.214 e. The molecule has 176 valence electrons. The van der Waals surface area contributed by atoms with E-state index in [1.807, 2.05) is 25.1 Å². The first-order valence-electron chi connectivity index (χ1n) is 11.3. The van der Waals surface area contributed by atoms with E-state index in [4.69, 9.17) is 16.3 Å². The third kappa shape index (κ3) is 6.22. The third-order valence-electron chi connectivity index (χ3n) is 5.80. The van der Waals surface area contributed by atoms with Crippen molar-refractivity contribution in [3.05, 3.63) is 88.3 Å². The molecule has 1 aliphatic rings. The SMILES string of the molecule is C=Nc1cc(C)ccc1NCCN1CC=C(c2cccc(OCc3ccc(Cl)cc3F)n2)CC1. The molecule has 2 heterocycles. The number of rotatable bonds is 9. The predicted octanol–water partition coefficient (Wildman–Crippen LogP) is 6.29. The van der Waals surface area contributed by atoms with Crippen molar-refractivity contribution < 1.29 is 9.13 Å². The second-order valence-electron chi connectivity index (χ2n) is 8.27. The molecule has 3 aromatic rings. The molecular formula is C27H28ClFN4O. The number of anilines is 1. The Morgan fingerprint density at radius 1 is 1.21 bits per heavy atom. The molecule has 0 saturated heterocycles. The molecule has 7 heteroatoms. The van der Waals surface area contributed by atoms with Crippen molar-refractivity contribution in [2.45, 2.75) is 20.0 Å². The van der Waals surface area contributed by atoms with Gasteiger partial charge in [-0.2, -0.15) is 0 Å². The minimum atomic E-state index is -0.382. The monoisotopic (exact) mass is 478 g/mol. The van der Waals surface area contributed by atoms with E-state index < -0.39 is 0 Å². The molecule has 0 spiro atoms. The first kappa shape index (κ1) is 23.9. The van der Waals surface area contributed by atoms with Crippen LogP contribution < -0.4 is 10.1 Å². The van der Waals surface area contributed by atoms with Crippen molar-refractivity contribution in [1.29, 1.82) is 0 Å². The maximum atomic E-state index is 14.0. The topological polar surface area (TPSA) is 49.8 Å². The number of pyridine rings is 1. The van der Waals surface area contributed by atoms with Gasteiger partial charge in [0.1, 0.15) is 12.4 Å². The van der Waals surface area contributed by atoms with E-state index in [0.717, 1.165) is 49.7 Å². The summed E-state index contributed by atoms with van der Waals surface area (Å²) in [6.07, 6.45) is 3.13. The fraction of sp³-hybridized carbons (Fsp3) is 0.259. The van der Waals surface area contributed by atoms with E-state index in [0.29, 0.717) is 16.5 Å². The van der Waals surface area contributed by atoms with Gasteiger partial charge in [-0.1, -0.05) is 35.9 Å². The lowest BCUT2D eigenvalue weighted by Crippen LogP contribution is -2.32. The van der Waals surface area contributed by atoms with E-state index in [-0.39, 0.29) is 12.4 Å². The van der Waals surface area contributed by atoms with Crippen LogP contribution in [0.3, 0.4) is 0 Å². The van der Waals surface area contributed by atoms with Gasteiger partial charge in [0, 0.05) is 42.8 Å². The van der Waals surface area contributed by atoms with E-state index in [1.165, 1.54) is 17.2 Å². The quantitative estimate of drug-likeness (QED) is 0.367. The Labute approximate surface area is 205 Å². The van der Waals surface area contributed by atoms with E-state index in [1.54, 1.807) is 18.2 Å². The fourth-order valence-corrected chi connectivity index (χ4v) is 4.04. The van der Waals surface area contributed by atoms with Crippen molar-refractivity contribution in [2.75, 3.05) is 31.5 Å². The van der Waals surface area contributed by atoms with Crippen LogP contribution >= 0.6 is 11.6 Å². The number of nitrogens with one attached hydrogen (secondary N) is 1. The lowest BCUT2D eigenvalue weighted by molar-refractivity contribution is 0.287. The van der Waals surface area contributed by atoms with Crippen LogP contribution in [-0.2, 0) is 6.61 Å². The molecule has 0 atom stereocenters. The summed E-state index contributed by atoms with van der Waals surface area (Å²) in [4.78, 5) is 11.1. The predicted molar refractivity (Wildman–Crippen MR) is 138 cm³/mol. The number of aliphatic imine (C=N–C) groups is 1. The Morgan fingerprint density at radius 2 is 2.09 bits per heavy atom. The highest BCUT2D eigenvalue weighted by Gasteiger charge is 2.14. The summed E-state index contributed by atoms with van der Waals surface area (Å²) in [6, 6.07) is 16.4. The summed E-state index contributed by atoms with van der Waals surface area (Å²) in [5.41, 5.74) is 5.60. The number of aromatic nitrogens is 1.